The van der Waals surface area contributed by atoms with Crippen LogP contribution >= 0.6 is 23.2 Å². The number of halogens is 2. The van der Waals surface area contributed by atoms with Crippen LogP contribution in [0.3, 0.4) is 0 Å². The predicted octanol–water partition coefficient (Wildman–Crippen LogP) is 4.88. The Morgan fingerprint density at radius 3 is 2.54 bits per heavy atom. The van der Waals surface area contributed by atoms with Gasteiger partial charge in [0.15, 0.2) is 0 Å². The Morgan fingerprint density at radius 2 is 1.79 bits per heavy atom. The van der Waals surface area contributed by atoms with E-state index in [1.807, 2.05) is 36.4 Å². The summed E-state index contributed by atoms with van der Waals surface area (Å²) in [5, 5.41) is 10.9. The van der Waals surface area contributed by atoms with E-state index in [9.17, 15) is 4.79 Å². The first-order valence-electron chi connectivity index (χ1n) is 7.19. The van der Waals surface area contributed by atoms with E-state index in [0.717, 1.165) is 11.3 Å². The third-order valence-corrected chi connectivity index (χ3v) is 3.86. The fourth-order valence-electron chi connectivity index (χ4n) is 2.15. The van der Waals surface area contributed by atoms with Gasteiger partial charge in [-0.3, -0.25) is 4.68 Å². The zero-order valence-corrected chi connectivity index (χ0v) is 14.1. The highest BCUT2D eigenvalue weighted by Crippen LogP contribution is 2.22. The van der Waals surface area contributed by atoms with E-state index in [4.69, 9.17) is 23.2 Å². The highest BCUT2D eigenvalue weighted by Gasteiger charge is 2.07. The molecule has 0 aliphatic heterocycles. The molecule has 1 aromatic heterocycles. The number of nitrogens with one attached hydrogen (secondary N) is 2. The summed E-state index contributed by atoms with van der Waals surface area (Å²) >= 11 is 12.0. The molecule has 2 amide bonds. The molecule has 0 bridgehead atoms. The van der Waals surface area contributed by atoms with Crippen molar-refractivity contribution in [2.75, 3.05) is 10.6 Å². The highest BCUT2D eigenvalue weighted by atomic mass is 35.5. The molecule has 2 aromatic carbocycles. The van der Waals surface area contributed by atoms with Crippen LogP contribution in [0, 0.1) is 0 Å². The Kier molecular flexibility index (Phi) is 5.03. The minimum atomic E-state index is -0.328. The average Bonchev–Trinajstić information content (AvgIpc) is 2.98. The molecule has 24 heavy (non-hydrogen) atoms. The van der Waals surface area contributed by atoms with Crippen molar-refractivity contribution in [3.05, 3.63) is 76.5 Å². The van der Waals surface area contributed by atoms with E-state index in [-0.39, 0.29) is 6.03 Å². The molecule has 0 spiro atoms. The average molecular weight is 361 g/mol. The number of rotatable bonds is 4. The Hall–Kier alpha value is -2.50. The quantitative estimate of drug-likeness (QED) is 0.696. The summed E-state index contributed by atoms with van der Waals surface area (Å²) in [7, 11) is 0. The van der Waals surface area contributed by atoms with Crippen LogP contribution in [0.15, 0.2) is 60.9 Å². The standard InChI is InChI=1S/C17H14Cl2N4O/c18-13-7-6-12(16(19)8-13)10-23-11-15(9-20-23)22-17(24)21-14-4-2-1-3-5-14/h1-9,11H,10H2,(H2,21,22,24). The van der Waals surface area contributed by atoms with Gasteiger partial charge in [0.25, 0.3) is 0 Å². The first-order valence-corrected chi connectivity index (χ1v) is 7.95. The SMILES string of the molecule is O=C(Nc1ccccc1)Nc1cnn(Cc2ccc(Cl)cc2Cl)c1. The third-order valence-electron chi connectivity index (χ3n) is 3.27. The smallest absolute Gasteiger partial charge is 0.308 e. The summed E-state index contributed by atoms with van der Waals surface area (Å²) in [5.41, 5.74) is 2.20. The number of anilines is 2. The zero-order chi connectivity index (χ0) is 16.9. The molecule has 2 N–H and O–H groups in total. The predicted molar refractivity (Wildman–Crippen MR) is 96.9 cm³/mol. The van der Waals surface area contributed by atoms with E-state index in [0.29, 0.717) is 22.3 Å². The first kappa shape index (κ1) is 16.4. The molecule has 0 saturated heterocycles. The lowest BCUT2D eigenvalue weighted by Crippen LogP contribution is -2.19. The lowest BCUT2D eigenvalue weighted by Gasteiger charge is -2.06. The fourth-order valence-corrected chi connectivity index (χ4v) is 2.62. The highest BCUT2D eigenvalue weighted by molar-refractivity contribution is 6.35. The summed E-state index contributed by atoms with van der Waals surface area (Å²) in [4.78, 5) is 11.9. The number of para-hydroxylation sites is 1. The van der Waals surface area contributed by atoms with Gasteiger partial charge in [-0.1, -0.05) is 47.5 Å². The van der Waals surface area contributed by atoms with Crippen LogP contribution in [0.5, 0.6) is 0 Å². The molecule has 5 nitrogen and oxygen atoms in total. The number of hydrogen-bond donors (Lipinski definition) is 2. The number of aromatic nitrogens is 2. The van der Waals surface area contributed by atoms with Gasteiger partial charge < -0.3 is 10.6 Å². The number of nitrogens with zero attached hydrogens (tertiary/aromatic N) is 2. The Balaban J connectivity index is 1.62. The fraction of sp³-hybridized carbons (Fsp3) is 0.0588. The van der Waals surface area contributed by atoms with Crippen molar-refractivity contribution in [3.63, 3.8) is 0 Å². The lowest BCUT2D eigenvalue weighted by atomic mass is 10.2. The lowest BCUT2D eigenvalue weighted by molar-refractivity contribution is 0.262. The van der Waals surface area contributed by atoms with Crippen LogP contribution in [0.25, 0.3) is 0 Å². The van der Waals surface area contributed by atoms with Gasteiger partial charge in [0.1, 0.15) is 0 Å². The van der Waals surface area contributed by atoms with Gasteiger partial charge in [-0.05, 0) is 29.8 Å². The van der Waals surface area contributed by atoms with Crippen molar-refractivity contribution in [2.24, 2.45) is 0 Å². The first-order chi connectivity index (χ1) is 11.6. The number of carbonyl (C=O) groups excluding carboxylic acids is 1. The molecule has 1 heterocycles. The van der Waals surface area contributed by atoms with E-state index in [1.54, 1.807) is 29.2 Å². The molecule has 0 saturated carbocycles. The van der Waals surface area contributed by atoms with Gasteiger partial charge in [0, 0.05) is 21.9 Å². The van der Waals surface area contributed by atoms with Gasteiger partial charge in [0.05, 0.1) is 18.4 Å². The number of carbonyl (C=O) groups is 1. The van der Waals surface area contributed by atoms with E-state index in [2.05, 4.69) is 15.7 Å². The second-order valence-corrected chi connectivity index (χ2v) is 5.95. The second-order valence-electron chi connectivity index (χ2n) is 5.11. The maximum atomic E-state index is 11.9. The normalized spacial score (nSPS) is 10.4. The van der Waals surface area contributed by atoms with Crippen molar-refractivity contribution in [2.45, 2.75) is 6.54 Å². The van der Waals surface area contributed by atoms with Gasteiger partial charge in [0.2, 0.25) is 0 Å². The maximum Gasteiger partial charge on any atom is 0.323 e. The van der Waals surface area contributed by atoms with Crippen molar-refractivity contribution < 1.29 is 4.79 Å². The maximum absolute atomic E-state index is 11.9. The summed E-state index contributed by atoms with van der Waals surface area (Å²) in [5.74, 6) is 0. The Morgan fingerprint density at radius 1 is 1.04 bits per heavy atom. The van der Waals surface area contributed by atoms with Crippen LogP contribution in [-0.4, -0.2) is 15.8 Å². The van der Waals surface area contributed by atoms with Crippen LogP contribution in [0.2, 0.25) is 10.0 Å². The minimum absolute atomic E-state index is 0.328. The molecule has 122 valence electrons. The van der Waals surface area contributed by atoms with Crippen LogP contribution < -0.4 is 10.6 Å². The second kappa shape index (κ2) is 7.38. The largest absolute Gasteiger partial charge is 0.323 e. The molecular formula is C17H14Cl2N4O. The van der Waals surface area contributed by atoms with Gasteiger partial charge in [-0.25, -0.2) is 4.79 Å². The van der Waals surface area contributed by atoms with Crippen molar-refractivity contribution in [3.8, 4) is 0 Å². The number of amides is 2. The molecular weight excluding hydrogens is 347 g/mol. The molecule has 0 aliphatic carbocycles. The van der Waals surface area contributed by atoms with Gasteiger partial charge in [-0.15, -0.1) is 0 Å². The monoisotopic (exact) mass is 360 g/mol. The van der Waals surface area contributed by atoms with E-state index < -0.39 is 0 Å². The topological polar surface area (TPSA) is 59.0 Å². The Labute approximate surface area is 149 Å². The molecule has 0 unspecified atom stereocenters. The summed E-state index contributed by atoms with van der Waals surface area (Å²) in [6.07, 6.45) is 3.31. The van der Waals surface area contributed by atoms with Crippen LogP contribution in [0.4, 0.5) is 16.2 Å². The number of benzene rings is 2. The van der Waals surface area contributed by atoms with E-state index in [1.165, 1.54) is 0 Å². The minimum Gasteiger partial charge on any atom is -0.308 e. The van der Waals surface area contributed by atoms with Gasteiger partial charge >= 0.3 is 6.03 Å². The zero-order valence-electron chi connectivity index (χ0n) is 12.5. The summed E-state index contributed by atoms with van der Waals surface area (Å²) < 4.78 is 1.69. The summed E-state index contributed by atoms with van der Waals surface area (Å²) in [6.45, 7) is 0.484. The molecule has 3 rings (SSSR count). The molecule has 0 atom stereocenters. The van der Waals surface area contributed by atoms with E-state index >= 15 is 0 Å². The Bertz CT molecular complexity index is 849. The molecule has 0 fully saturated rings. The molecule has 7 heteroatoms. The van der Waals surface area contributed by atoms with Crippen molar-refractivity contribution in [1.82, 2.24) is 9.78 Å². The van der Waals surface area contributed by atoms with Crippen LogP contribution in [0.1, 0.15) is 5.56 Å². The van der Waals surface area contributed by atoms with Crippen molar-refractivity contribution in [1.29, 1.82) is 0 Å². The number of hydrogen-bond acceptors (Lipinski definition) is 2. The molecule has 3 aromatic rings. The molecule has 0 radical (unpaired) electrons. The molecule has 0 aliphatic rings. The summed E-state index contributed by atoms with van der Waals surface area (Å²) in [6, 6.07) is 14.2. The van der Waals surface area contributed by atoms with Crippen molar-refractivity contribution >= 4 is 40.6 Å². The van der Waals surface area contributed by atoms with Gasteiger partial charge in [-0.2, -0.15) is 5.10 Å². The third kappa shape index (κ3) is 4.28. The number of urea groups is 1. The van der Waals surface area contributed by atoms with Crippen LogP contribution in [-0.2, 0) is 6.54 Å².